The molecular weight excluding hydrogens is 344 g/mol. The van der Waals surface area contributed by atoms with E-state index in [1.54, 1.807) is 18.6 Å². The molecule has 3 aromatic rings. The second kappa shape index (κ2) is 7.84. The van der Waals surface area contributed by atoms with Gasteiger partial charge in [-0.2, -0.15) is 0 Å². The van der Waals surface area contributed by atoms with Gasteiger partial charge >= 0.3 is 0 Å². The molecule has 0 saturated heterocycles. The van der Waals surface area contributed by atoms with Crippen molar-refractivity contribution in [3.8, 4) is 10.6 Å². The van der Waals surface area contributed by atoms with Crippen LogP contribution < -0.4 is 5.32 Å². The average molecular weight is 362 g/mol. The smallest absolute Gasteiger partial charge is 0.250 e. The Balaban J connectivity index is 1.95. The molecule has 2 aromatic heterocycles. The van der Waals surface area contributed by atoms with Crippen LogP contribution in [0.4, 0.5) is 0 Å². The largest absolute Gasteiger partial charge is 0.355 e. The van der Waals surface area contributed by atoms with Crippen LogP contribution in [0.25, 0.3) is 26.9 Å². The first kappa shape index (κ1) is 17.7. The first-order valence-corrected chi connectivity index (χ1v) is 8.92. The van der Waals surface area contributed by atoms with E-state index in [1.807, 2.05) is 43.5 Å². The molecular formula is C20H18N4OS. The molecule has 0 bridgehead atoms. The number of hydrogen-bond acceptors (Lipinski definition) is 5. The molecule has 0 spiro atoms. The van der Waals surface area contributed by atoms with Crippen LogP contribution in [0.15, 0.2) is 66.4 Å². The molecule has 1 N–H and O–H groups in total. The van der Waals surface area contributed by atoms with Crippen LogP contribution in [0.5, 0.6) is 0 Å². The van der Waals surface area contributed by atoms with Gasteiger partial charge in [0, 0.05) is 29.8 Å². The normalized spacial score (nSPS) is 11.8. The molecule has 0 aliphatic rings. The topological polar surface area (TPSA) is 67.8 Å². The summed E-state index contributed by atoms with van der Waals surface area (Å²) in [7, 11) is 1.58. The summed E-state index contributed by atoms with van der Waals surface area (Å²) in [4.78, 5) is 16.1. The fraction of sp³-hybridized carbons (Fsp3) is 0.100. The molecule has 0 atom stereocenters. The van der Waals surface area contributed by atoms with Crippen molar-refractivity contribution >= 4 is 33.6 Å². The third-order valence-corrected chi connectivity index (χ3v) is 4.66. The van der Waals surface area contributed by atoms with Crippen LogP contribution in [-0.2, 0) is 4.79 Å². The van der Waals surface area contributed by atoms with Gasteiger partial charge in [0.2, 0.25) is 5.91 Å². The lowest BCUT2D eigenvalue weighted by Crippen LogP contribution is -2.18. The maximum atomic E-state index is 11.6. The molecule has 2 heterocycles. The van der Waals surface area contributed by atoms with Crippen molar-refractivity contribution in [1.29, 1.82) is 0 Å². The lowest BCUT2D eigenvalue weighted by Gasteiger charge is -2.06. The summed E-state index contributed by atoms with van der Waals surface area (Å²) in [5.41, 5.74) is 4.89. The monoisotopic (exact) mass is 362 g/mol. The van der Waals surface area contributed by atoms with E-state index in [2.05, 4.69) is 33.1 Å². The molecule has 5 nitrogen and oxygen atoms in total. The average Bonchev–Trinajstić information content (AvgIpc) is 3.21. The van der Waals surface area contributed by atoms with Crippen molar-refractivity contribution in [3.05, 3.63) is 72.0 Å². The molecule has 0 radical (unpaired) electrons. The van der Waals surface area contributed by atoms with Crippen LogP contribution in [0.3, 0.4) is 0 Å². The number of nitrogens with zero attached hydrogens (tertiary/aromatic N) is 3. The predicted molar refractivity (Wildman–Crippen MR) is 107 cm³/mol. The minimum Gasteiger partial charge on any atom is -0.355 e. The Morgan fingerprint density at radius 1 is 1.23 bits per heavy atom. The third kappa shape index (κ3) is 3.75. The van der Waals surface area contributed by atoms with Crippen molar-refractivity contribution < 1.29 is 4.79 Å². The zero-order valence-corrected chi connectivity index (χ0v) is 15.4. The number of carbonyl (C=O) groups excluding carboxylic acids is 1. The highest BCUT2D eigenvalue weighted by atomic mass is 32.1. The van der Waals surface area contributed by atoms with Crippen LogP contribution >= 0.6 is 11.3 Å². The minimum absolute atomic E-state index is 0.204. The van der Waals surface area contributed by atoms with Gasteiger partial charge in [0.25, 0.3) is 0 Å². The number of aromatic nitrogens is 3. The Morgan fingerprint density at radius 3 is 2.77 bits per heavy atom. The van der Waals surface area contributed by atoms with Gasteiger partial charge in [-0.25, -0.2) is 0 Å². The Kier molecular flexibility index (Phi) is 5.34. The Labute approximate surface area is 155 Å². The molecule has 0 aliphatic heterocycles. The van der Waals surface area contributed by atoms with E-state index in [9.17, 15) is 4.79 Å². The summed E-state index contributed by atoms with van der Waals surface area (Å²) < 4.78 is 0. The van der Waals surface area contributed by atoms with E-state index in [0.717, 1.165) is 32.6 Å². The molecule has 26 heavy (non-hydrogen) atoms. The number of carbonyl (C=O) groups is 1. The van der Waals surface area contributed by atoms with Gasteiger partial charge in [-0.05, 0) is 36.1 Å². The lowest BCUT2D eigenvalue weighted by molar-refractivity contribution is -0.116. The Hall–Kier alpha value is -3.12. The number of benzene rings is 1. The number of amides is 1. The van der Waals surface area contributed by atoms with Gasteiger partial charge in [-0.15, -0.1) is 10.2 Å². The summed E-state index contributed by atoms with van der Waals surface area (Å²) in [5, 5.41) is 13.6. The second-order valence-electron chi connectivity index (χ2n) is 5.56. The number of pyridine rings is 1. The number of fused-ring (bicyclic) bond motifs is 1. The molecule has 0 saturated carbocycles. The minimum atomic E-state index is -0.204. The number of hydrogen-bond donors (Lipinski definition) is 1. The SMILES string of the molecule is C=C(/C=C\C(=C/C)c1cc2cc(-c3nncs3)ccc2cn1)C(=O)NC. The molecule has 6 heteroatoms. The number of likely N-dealkylation sites (N-methyl/N-ethyl adjacent to an activating group) is 1. The molecule has 3 rings (SSSR count). The van der Waals surface area contributed by atoms with Crippen LogP contribution in [-0.4, -0.2) is 28.1 Å². The van der Waals surface area contributed by atoms with Crippen molar-refractivity contribution in [2.75, 3.05) is 7.05 Å². The summed E-state index contributed by atoms with van der Waals surface area (Å²) >= 11 is 1.51. The highest BCUT2D eigenvalue weighted by molar-refractivity contribution is 7.12. The first-order chi connectivity index (χ1) is 12.6. The van der Waals surface area contributed by atoms with Crippen molar-refractivity contribution in [3.63, 3.8) is 0 Å². The maximum Gasteiger partial charge on any atom is 0.250 e. The summed E-state index contributed by atoms with van der Waals surface area (Å²) in [6, 6.07) is 8.17. The van der Waals surface area contributed by atoms with E-state index in [4.69, 9.17) is 0 Å². The Morgan fingerprint density at radius 2 is 2.08 bits per heavy atom. The predicted octanol–water partition coefficient (Wildman–Crippen LogP) is 4.02. The van der Waals surface area contributed by atoms with Gasteiger partial charge in [-0.1, -0.05) is 42.2 Å². The zero-order valence-electron chi connectivity index (χ0n) is 14.6. The van der Waals surface area contributed by atoms with Gasteiger partial charge in [0.05, 0.1) is 5.69 Å². The fourth-order valence-electron chi connectivity index (χ4n) is 2.49. The first-order valence-electron chi connectivity index (χ1n) is 8.04. The Bertz CT molecular complexity index is 1020. The van der Waals surface area contributed by atoms with E-state index < -0.39 is 0 Å². The summed E-state index contributed by atoms with van der Waals surface area (Å²) in [6.45, 7) is 5.69. The van der Waals surface area contributed by atoms with Crippen LogP contribution in [0.2, 0.25) is 0 Å². The van der Waals surface area contributed by atoms with Crippen molar-refractivity contribution in [2.45, 2.75) is 6.92 Å². The van der Waals surface area contributed by atoms with Crippen molar-refractivity contribution in [1.82, 2.24) is 20.5 Å². The number of nitrogens with one attached hydrogen (secondary N) is 1. The molecule has 0 fully saturated rings. The molecule has 0 unspecified atom stereocenters. The zero-order chi connectivity index (χ0) is 18.5. The van der Waals surface area contributed by atoms with E-state index in [1.165, 1.54) is 11.3 Å². The van der Waals surface area contributed by atoms with E-state index >= 15 is 0 Å². The highest BCUT2D eigenvalue weighted by Gasteiger charge is 2.06. The number of rotatable bonds is 5. The maximum absolute atomic E-state index is 11.6. The van der Waals surface area contributed by atoms with Crippen LogP contribution in [0, 0.1) is 0 Å². The van der Waals surface area contributed by atoms with Gasteiger partial charge in [-0.3, -0.25) is 9.78 Å². The summed E-state index contributed by atoms with van der Waals surface area (Å²) in [6.07, 6.45) is 7.34. The van der Waals surface area contributed by atoms with E-state index in [0.29, 0.717) is 5.57 Å². The lowest BCUT2D eigenvalue weighted by atomic mass is 10.0. The third-order valence-electron chi connectivity index (χ3n) is 3.92. The van der Waals surface area contributed by atoms with Gasteiger partial charge < -0.3 is 5.32 Å². The summed E-state index contributed by atoms with van der Waals surface area (Å²) in [5.74, 6) is -0.204. The molecule has 1 aromatic carbocycles. The number of allylic oxidation sites excluding steroid dienone is 3. The highest BCUT2D eigenvalue weighted by Crippen LogP contribution is 2.27. The fourth-order valence-corrected chi connectivity index (χ4v) is 3.04. The molecule has 130 valence electrons. The van der Waals surface area contributed by atoms with Gasteiger partial charge in [0.15, 0.2) is 0 Å². The molecule has 1 amide bonds. The van der Waals surface area contributed by atoms with Crippen molar-refractivity contribution in [2.24, 2.45) is 0 Å². The standard InChI is InChI=1S/C20H18N4OS/c1-4-14(6-5-13(2)19(25)21-3)18-10-17-9-15(20-24-23-12-26-20)7-8-16(17)11-22-18/h4-12H,2H2,1,3H3,(H,21,25)/b6-5-,14-4+. The van der Waals surface area contributed by atoms with Crippen LogP contribution in [0.1, 0.15) is 12.6 Å². The molecule has 0 aliphatic carbocycles. The van der Waals surface area contributed by atoms with Gasteiger partial charge in [0.1, 0.15) is 10.5 Å². The second-order valence-corrected chi connectivity index (χ2v) is 6.39. The quantitative estimate of drug-likeness (QED) is 0.550. The van der Waals surface area contributed by atoms with E-state index in [-0.39, 0.29) is 5.91 Å².